The molecule has 12 heavy (non-hydrogen) atoms. The summed E-state index contributed by atoms with van der Waals surface area (Å²) in [6.45, 7) is 1.94. The van der Waals surface area contributed by atoms with Crippen LogP contribution in [0.4, 0.5) is 0 Å². The van der Waals surface area contributed by atoms with Crippen LogP contribution in [0, 0.1) is 6.92 Å². The number of nitrogens with one attached hydrogen (secondary N) is 1. The van der Waals surface area contributed by atoms with Crippen LogP contribution in [-0.4, -0.2) is 27.7 Å². The Bertz CT molecular complexity index is 226. The second-order valence-corrected chi connectivity index (χ2v) is 2.62. The van der Waals surface area contributed by atoms with Crippen molar-refractivity contribution in [3.63, 3.8) is 0 Å². The average molecular weight is 192 g/mol. The van der Waals surface area contributed by atoms with Gasteiger partial charge in [-0.1, -0.05) is 0 Å². The molecule has 1 aromatic heterocycles. The first-order valence-electron chi connectivity index (χ1n) is 3.59. The monoisotopic (exact) mass is 191 g/mol. The smallest absolute Gasteiger partial charge is 0.0925 e. The Labute approximate surface area is 77.6 Å². The number of aromatic amines is 1. The van der Waals surface area contributed by atoms with Crippen LogP contribution < -0.4 is 5.73 Å². The molecule has 5 heteroatoms. The van der Waals surface area contributed by atoms with E-state index in [-0.39, 0.29) is 25.1 Å². The Morgan fingerprint density at radius 2 is 2.42 bits per heavy atom. The van der Waals surface area contributed by atoms with E-state index in [4.69, 9.17) is 10.8 Å². The van der Waals surface area contributed by atoms with E-state index >= 15 is 0 Å². The molecule has 0 spiro atoms. The molecule has 0 aliphatic carbocycles. The van der Waals surface area contributed by atoms with E-state index < -0.39 is 0 Å². The molecule has 0 aliphatic heterocycles. The maximum absolute atomic E-state index is 8.66. The van der Waals surface area contributed by atoms with Gasteiger partial charge in [-0.2, -0.15) is 0 Å². The first-order chi connectivity index (χ1) is 5.24. The zero-order chi connectivity index (χ0) is 8.27. The highest BCUT2D eigenvalue weighted by atomic mass is 35.5. The minimum Gasteiger partial charge on any atom is -0.395 e. The summed E-state index contributed by atoms with van der Waals surface area (Å²) in [5, 5.41) is 8.66. The third-order valence-electron chi connectivity index (χ3n) is 1.62. The lowest BCUT2D eigenvalue weighted by molar-refractivity contribution is 0.264. The number of aliphatic hydroxyl groups is 1. The van der Waals surface area contributed by atoms with Crippen LogP contribution in [0.3, 0.4) is 0 Å². The highest BCUT2D eigenvalue weighted by Crippen LogP contribution is 2.02. The summed E-state index contributed by atoms with van der Waals surface area (Å²) in [4.78, 5) is 7.01. The van der Waals surface area contributed by atoms with Gasteiger partial charge in [-0.25, -0.2) is 4.98 Å². The quantitative estimate of drug-likeness (QED) is 0.630. The second-order valence-electron chi connectivity index (χ2n) is 2.62. The standard InChI is InChI=1S/C7H13N3O.ClH/c1-5-7(10-4-9-5)2-6(8)3-11;/h4,6,11H,2-3,8H2,1H3,(H,9,10);1H. The normalized spacial score (nSPS) is 12.2. The van der Waals surface area contributed by atoms with Gasteiger partial charge in [0.25, 0.3) is 0 Å². The molecule has 0 radical (unpaired) electrons. The van der Waals surface area contributed by atoms with Gasteiger partial charge in [0.2, 0.25) is 0 Å². The molecule has 0 bridgehead atoms. The van der Waals surface area contributed by atoms with Crippen LogP contribution in [0.25, 0.3) is 0 Å². The molecule has 4 N–H and O–H groups in total. The van der Waals surface area contributed by atoms with Crippen LogP contribution in [0.5, 0.6) is 0 Å². The fourth-order valence-corrected chi connectivity index (χ4v) is 0.906. The van der Waals surface area contributed by atoms with Crippen molar-refractivity contribution in [2.24, 2.45) is 5.73 Å². The number of aromatic nitrogens is 2. The van der Waals surface area contributed by atoms with E-state index in [9.17, 15) is 0 Å². The van der Waals surface area contributed by atoms with E-state index in [0.29, 0.717) is 6.42 Å². The van der Waals surface area contributed by atoms with Crippen LogP contribution in [0.2, 0.25) is 0 Å². The maximum atomic E-state index is 8.66. The predicted molar refractivity (Wildman–Crippen MR) is 49.3 cm³/mol. The summed E-state index contributed by atoms with van der Waals surface area (Å²) in [7, 11) is 0. The highest BCUT2D eigenvalue weighted by Gasteiger charge is 2.06. The average Bonchev–Trinajstić information content (AvgIpc) is 2.37. The van der Waals surface area contributed by atoms with Crippen molar-refractivity contribution in [2.45, 2.75) is 19.4 Å². The molecule has 1 atom stereocenters. The molecular formula is C7H14ClN3O. The van der Waals surface area contributed by atoms with Gasteiger partial charge in [-0.3, -0.25) is 0 Å². The van der Waals surface area contributed by atoms with E-state index in [1.54, 1.807) is 6.33 Å². The summed E-state index contributed by atoms with van der Waals surface area (Å²) in [5.74, 6) is 0. The lowest BCUT2D eigenvalue weighted by Crippen LogP contribution is -2.27. The summed E-state index contributed by atoms with van der Waals surface area (Å²) in [6.07, 6.45) is 2.26. The number of aliphatic hydroxyl groups excluding tert-OH is 1. The van der Waals surface area contributed by atoms with Crippen LogP contribution in [0.1, 0.15) is 11.4 Å². The van der Waals surface area contributed by atoms with Gasteiger partial charge in [0.05, 0.1) is 18.6 Å². The van der Waals surface area contributed by atoms with Crippen LogP contribution >= 0.6 is 12.4 Å². The molecule has 1 heterocycles. The number of aryl methyl sites for hydroxylation is 1. The van der Waals surface area contributed by atoms with Crippen molar-refractivity contribution in [3.05, 3.63) is 17.7 Å². The summed E-state index contributed by atoms with van der Waals surface area (Å²) >= 11 is 0. The van der Waals surface area contributed by atoms with Gasteiger partial charge in [0.15, 0.2) is 0 Å². The number of hydrogen-bond acceptors (Lipinski definition) is 3. The summed E-state index contributed by atoms with van der Waals surface area (Å²) in [6, 6.07) is -0.197. The number of imidazole rings is 1. The number of nitrogens with two attached hydrogens (primary N) is 1. The Kier molecular flexibility index (Phi) is 4.89. The highest BCUT2D eigenvalue weighted by molar-refractivity contribution is 5.85. The molecule has 0 aliphatic rings. The Balaban J connectivity index is 0.00000121. The zero-order valence-electron chi connectivity index (χ0n) is 6.95. The fraction of sp³-hybridized carbons (Fsp3) is 0.571. The van der Waals surface area contributed by atoms with Gasteiger partial charge < -0.3 is 15.8 Å². The van der Waals surface area contributed by atoms with Crippen molar-refractivity contribution in [3.8, 4) is 0 Å². The minimum atomic E-state index is -0.197. The lowest BCUT2D eigenvalue weighted by atomic mass is 10.1. The van der Waals surface area contributed by atoms with E-state index in [0.717, 1.165) is 11.4 Å². The van der Waals surface area contributed by atoms with Gasteiger partial charge in [0, 0.05) is 18.2 Å². The molecule has 0 saturated carbocycles. The van der Waals surface area contributed by atoms with Crippen LogP contribution in [0.15, 0.2) is 6.33 Å². The molecule has 1 aromatic rings. The van der Waals surface area contributed by atoms with Crippen molar-refractivity contribution >= 4 is 12.4 Å². The molecule has 1 unspecified atom stereocenters. The first kappa shape index (κ1) is 11.4. The van der Waals surface area contributed by atoms with E-state index in [1.165, 1.54) is 0 Å². The lowest BCUT2D eigenvalue weighted by Gasteiger charge is -2.05. The predicted octanol–water partition coefficient (Wildman–Crippen LogP) is 0.00202. The maximum Gasteiger partial charge on any atom is 0.0925 e. The SMILES string of the molecule is Cc1[nH]cnc1CC(N)CO.Cl. The van der Waals surface area contributed by atoms with E-state index in [1.807, 2.05) is 6.92 Å². The van der Waals surface area contributed by atoms with Gasteiger partial charge >= 0.3 is 0 Å². The zero-order valence-corrected chi connectivity index (χ0v) is 7.77. The second kappa shape index (κ2) is 5.13. The van der Waals surface area contributed by atoms with E-state index in [2.05, 4.69) is 9.97 Å². The number of H-pyrrole nitrogens is 1. The third kappa shape index (κ3) is 2.81. The van der Waals surface area contributed by atoms with Gasteiger partial charge in [-0.15, -0.1) is 12.4 Å². The molecule has 0 amide bonds. The third-order valence-corrected chi connectivity index (χ3v) is 1.62. The molecule has 70 valence electrons. The summed E-state index contributed by atoms with van der Waals surface area (Å²) < 4.78 is 0. The van der Waals surface area contributed by atoms with Crippen molar-refractivity contribution in [1.29, 1.82) is 0 Å². The topological polar surface area (TPSA) is 74.9 Å². The molecule has 4 nitrogen and oxygen atoms in total. The minimum absolute atomic E-state index is 0. The molecule has 0 fully saturated rings. The van der Waals surface area contributed by atoms with Crippen LogP contribution in [-0.2, 0) is 6.42 Å². The van der Waals surface area contributed by atoms with Crippen molar-refractivity contribution < 1.29 is 5.11 Å². The fourth-order valence-electron chi connectivity index (χ4n) is 0.906. The number of halogens is 1. The number of hydrogen-bond donors (Lipinski definition) is 3. The van der Waals surface area contributed by atoms with Crippen molar-refractivity contribution in [1.82, 2.24) is 9.97 Å². The largest absolute Gasteiger partial charge is 0.395 e. The first-order valence-corrected chi connectivity index (χ1v) is 3.59. The Morgan fingerprint density at radius 1 is 1.75 bits per heavy atom. The van der Waals surface area contributed by atoms with Gasteiger partial charge in [-0.05, 0) is 6.92 Å². The van der Waals surface area contributed by atoms with Gasteiger partial charge in [0.1, 0.15) is 0 Å². The summed E-state index contributed by atoms with van der Waals surface area (Å²) in [5.41, 5.74) is 7.49. The Morgan fingerprint density at radius 3 is 2.83 bits per heavy atom. The molecule has 0 aromatic carbocycles. The Hall–Kier alpha value is -0.580. The number of nitrogens with zero attached hydrogens (tertiary/aromatic N) is 1. The molecule has 1 rings (SSSR count). The number of rotatable bonds is 3. The molecule has 0 saturated heterocycles. The van der Waals surface area contributed by atoms with Crippen molar-refractivity contribution in [2.75, 3.05) is 6.61 Å². The molecular weight excluding hydrogens is 178 g/mol.